The maximum atomic E-state index is 5.61. The Labute approximate surface area is 92.3 Å². The zero-order valence-corrected chi connectivity index (χ0v) is 9.93. The van der Waals surface area contributed by atoms with Crippen molar-refractivity contribution in [3.63, 3.8) is 0 Å². The van der Waals surface area contributed by atoms with Gasteiger partial charge in [0.05, 0.1) is 13.2 Å². The molecule has 0 bridgehead atoms. The molecule has 1 aromatic rings. The van der Waals surface area contributed by atoms with Crippen molar-refractivity contribution in [3.8, 4) is 0 Å². The molecule has 0 atom stereocenters. The number of rotatable bonds is 1. The lowest BCUT2D eigenvalue weighted by molar-refractivity contribution is -0.150. The third-order valence-electron chi connectivity index (χ3n) is 2.45. The highest BCUT2D eigenvalue weighted by Crippen LogP contribution is 2.35. The lowest BCUT2D eigenvalue weighted by Crippen LogP contribution is -2.23. The number of benzene rings is 1. The van der Waals surface area contributed by atoms with Crippen molar-refractivity contribution in [3.05, 3.63) is 33.8 Å². The Kier molecular flexibility index (Phi) is 2.64. The highest BCUT2D eigenvalue weighted by Gasteiger charge is 2.34. The van der Waals surface area contributed by atoms with Crippen LogP contribution in [0.25, 0.3) is 0 Å². The van der Waals surface area contributed by atoms with Crippen LogP contribution in [0.15, 0.2) is 22.7 Å². The van der Waals surface area contributed by atoms with Crippen LogP contribution in [0.4, 0.5) is 0 Å². The molecule has 0 aliphatic carbocycles. The van der Waals surface area contributed by atoms with Gasteiger partial charge in [0.1, 0.15) is 0 Å². The molecular weight excluding hydrogens is 244 g/mol. The molecule has 0 radical (unpaired) electrons. The lowest BCUT2D eigenvalue weighted by atomic mass is 10.1. The maximum Gasteiger partial charge on any atom is 0.193 e. The predicted molar refractivity (Wildman–Crippen MR) is 58.1 cm³/mol. The smallest absolute Gasteiger partial charge is 0.193 e. The number of ether oxygens (including phenoxy) is 2. The van der Waals surface area contributed by atoms with Gasteiger partial charge in [-0.2, -0.15) is 0 Å². The molecule has 1 aliphatic rings. The Balaban J connectivity index is 2.44. The summed E-state index contributed by atoms with van der Waals surface area (Å²) in [4.78, 5) is 0. The molecule has 0 aromatic heterocycles. The molecule has 0 saturated carbocycles. The van der Waals surface area contributed by atoms with Gasteiger partial charge in [-0.15, -0.1) is 0 Å². The van der Waals surface area contributed by atoms with Crippen LogP contribution in [0.1, 0.15) is 18.1 Å². The first-order valence-electron chi connectivity index (χ1n) is 4.66. The van der Waals surface area contributed by atoms with Gasteiger partial charge < -0.3 is 9.47 Å². The molecule has 2 nitrogen and oxygen atoms in total. The van der Waals surface area contributed by atoms with Gasteiger partial charge in [0, 0.05) is 10.0 Å². The standard InChI is InChI=1S/C11H13BrO2/c1-8-3-4-10(12)9(7-8)11(2)13-5-6-14-11/h3-4,7H,5-6H2,1-2H3. The Morgan fingerprint density at radius 3 is 2.57 bits per heavy atom. The quantitative estimate of drug-likeness (QED) is 0.770. The molecule has 0 amide bonds. The van der Waals surface area contributed by atoms with Gasteiger partial charge in [0.15, 0.2) is 5.79 Å². The molecule has 1 aromatic carbocycles. The van der Waals surface area contributed by atoms with Crippen LogP contribution in [0.5, 0.6) is 0 Å². The second kappa shape index (κ2) is 3.65. The van der Waals surface area contributed by atoms with Crippen molar-refractivity contribution in [1.82, 2.24) is 0 Å². The van der Waals surface area contributed by atoms with E-state index in [4.69, 9.17) is 9.47 Å². The van der Waals surface area contributed by atoms with Crippen LogP contribution in [-0.2, 0) is 15.3 Å². The summed E-state index contributed by atoms with van der Waals surface area (Å²) in [5.41, 5.74) is 2.28. The molecule has 2 rings (SSSR count). The largest absolute Gasteiger partial charge is 0.344 e. The summed E-state index contributed by atoms with van der Waals surface area (Å²) in [6, 6.07) is 6.18. The fourth-order valence-corrected chi connectivity index (χ4v) is 2.26. The lowest BCUT2D eigenvalue weighted by Gasteiger charge is -2.24. The fraction of sp³-hybridized carbons (Fsp3) is 0.455. The molecular formula is C11H13BrO2. The topological polar surface area (TPSA) is 18.5 Å². The Bertz CT molecular complexity index is 343. The van der Waals surface area contributed by atoms with E-state index < -0.39 is 5.79 Å². The van der Waals surface area contributed by atoms with Crippen LogP contribution in [-0.4, -0.2) is 13.2 Å². The minimum absolute atomic E-state index is 0.579. The van der Waals surface area contributed by atoms with Crippen LogP contribution in [0, 0.1) is 6.92 Å². The van der Waals surface area contributed by atoms with E-state index in [9.17, 15) is 0 Å². The number of hydrogen-bond donors (Lipinski definition) is 0. The van der Waals surface area contributed by atoms with Gasteiger partial charge in [-0.1, -0.05) is 27.6 Å². The molecule has 1 saturated heterocycles. The fourth-order valence-electron chi connectivity index (χ4n) is 1.66. The zero-order valence-electron chi connectivity index (χ0n) is 8.34. The molecule has 0 unspecified atom stereocenters. The molecule has 3 heteroatoms. The second-order valence-corrected chi connectivity index (χ2v) is 4.48. The SMILES string of the molecule is Cc1ccc(Br)c(C2(C)OCCO2)c1. The maximum absolute atomic E-state index is 5.61. The van der Waals surface area contributed by atoms with E-state index in [-0.39, 0.29) is 0 Å². The van der Waals surface area contributed by atoms with Crippen molar-refractivity contribution < 1.29 is 9.47 Å². The van der Waals surface area contributed by atoms with Gasteiger partial charge in [-0.05, 0) is 26.0 Å². The monoisotopic (exact) mass is 256 g/mol. The second-order valence-electron chi connectivity index (χ2n) is 3.63. The number of halogens is 1. The van der Waals surface area contributed by atoms with Crippen LogP contribution < -0.4 is 0 Å². The van der Waals surface area contributed by atoms with Crippen LogP contribution in [0.2, 0.25) is 0 Å². The molecule has 1 aliphatic heterocycles. The molecule has 1 heterocycles. The molecule has 14 heavy (non-hydrogen) atoms. The highest BCUT2D eigenvalue weighted by molar-refractivity contribution is 9.10. The Morgan fingerprint density at radius 2 is 1.93 bits per heavy atom. The number of aryl methyl sites for hydroxylation is 1. The molecule has 0 N–H and O–H groups in total. The van der Waals surface area contributed by atoms with Crippen molar-refractivity contribution >= 4 is 15.9 Å². The number of hydrogen-bond acceptors (Lipinski definition) is 2. The minimum Gasteiger partial charge on any atom is -0.344 e. The van der Waals surface area contributed by atoms with E-state index in [0.29, 0.717) is 13.2 Å². The van der Waals surface area contributed by atoms with Gasteiger partial charge in [-0.3, -0.25) is 0 Å². The van der Waals surface area contributed by atoms with Gasteiger partial charge in [-0.25, -0.2) is 0 Å². The van der Waals surface area contributed by atoms with E-state index in [1.165, 1.54) is 5.56 Å². The third kappa shape index (κ3) is 1.72. The molecule has 1 fully saturated rings. The molecule has 0 spiro atoms. The van der Waals surface area contributed by atoms with Crippen molar-refractivity contribution in [2.75, 3.05) is 13.2 Å². The first-order chi connectivity index (χ1) is 6.62. The summed E-state index contributed by atoms with van der Waals surface area (Å²) in [6.07, 6.45) is 0. The van der Waals surface area contributed by atoms with Crippen molar-refractivity contribution in [2.24, 2.45) is 0 Å². The Hall–Kier alpha value is -0.380. The average molecular weight is 257 g/mol. The van der Waals surface area contributed by atoms with Crippen molar-refractivity contribution in [1.29, 1.82) is 0 Å². The van der Waals surface area contributed by atoms with E-state index in [0.717, 1.165) is 10.0 Å². The van der Waals surface area contributed by atoms with Crippen molar-refractivity contribution in [2.45, 2.75) is 19.6 Å². The highest BCUT2D eigenvalue weighted by atomic mass is 79.9. The third-order valence-corrected chi connectivity index (χ3v) is 3.14. The summed E-state index contributed by atoms with van der Waals surface area (Å²) < 4.78 is 12.3. The summed E-state index contributed by atoms with van der Waals surface area (Å²) in [5, 5.41) is 0. The first-order valence-corrected chi connectivity index (χ1v) is 5.46. The normalized spacial score (nSPS) is 19.9. The predicted octanol–water partition coefficient (Wildman–Crippen LogP) is 2.98. The van der Waals surface area contributed by atoms with Gasteiger partial charge in [0.2, 0.25) is 0 Å². The summed E-state index contributed by atoms with van der Waals surface area (Å²) in [5.74, 6) is -0.579. The van der Waals surface area contributed by atoms with Crippen LogP contribution in [0.3, 0.4) is 0 Å². The van der Waals surface area contributed by atoms with E-state index in [1.54, 1.807) is 0 Å². The average Bonchev–Trinajstić information content (AvgIpc) is 2.58. The zero-order chi connectivity index (χ0) is 10.2. The summed E-state index contributed by atoms with van der Waals surface area (Å²) in [6.45, 7) is 5.35. The minimum atomic E-state index is -0.579. The summed E-state index contributed by atoms with van der Waals surface area (Å²) in [7, 11) is 0. The van der Waals surface area contributed by atoms with E-state index in [2.05, 4.69) is 35.0 Å². The van der Waals surface area contributed by atoms with Gasteiger partial charge >= 0.3 is 0 Å². The van der Waals surface area contributed by atoms with Gasteiger partial charge in [0.25, 0.3) is 0 Å². The summed E-state index contributed by atoms with van der Waals surface area (Å²) >= 11 is 3.52. The van der Waals surface area contributed by atoms with E-state index >= 15 is 0 Å². The molecule has 76 valence electrons. The Morgan fingerprint density at radius 1 is 1.29 bits per heavy atom. The van der Waals surface area contributed by atoms with Crippen LogP contribution >= 0.6 is 15.9 Å². The first kappa shape index (κ1) is 10.1. The van der Waals surface area contributed by atoms with E-state index in [1.807, 2.05) is 13.0 Å².